The van der Waals surface area contributed by atoms with Crippen molar-refractivity contribution >= 4 is 11.9 Å². The molecule has 2 rings (SSSR count). The van der Waals surface area contributed by atoms with Gasteiger partial charge in [-0.1, -0.05) is 17.7 Å². The molecule has 1 aromatic carbocycles. The average molecular weight is 279 g/mol. The largest absolute Gasteiger partial charge is 0.484 e. The highest BCUT2D eigenvalue weighted by atomic mass is 16.5. The van der Waals surface area contributed by atoms with Gasteiger partial charge in [-0.05, 0) is 19.1 Å². The molecule has 1 amide bonds. The molecule has 2 unspecified atom stereocenters. The molecule has 1 aliphatic heterocycles. The molecule has 20 heavy (non-hydrogen) atoms. The molecule has 0 bridgehead atoms. The first-order valence-corrected chi connectivity index (χ1v) is 6.35. The van der Waals surface area contributed by atoms with Crippen molar-refractivity contribution in [2.24, 2.45) is 5.92 Å². The standard InChI is InChI=1S/C14H17NO5/c1-9-2-4-10(5-3-9)20-8-13(16)15-12-7-19-6-11(12)14(17)18/h2-5,11-12H,6-8H2,1H3,(H,15,16)(H,17,18). The number of nitrogens with one attached hydrogen (secondary N) is 1. The molecular weight excluding hydrogens is 262 g/mol. The van der Waals surface area contributed by atoms with Crippen molar-refractivity contribution in [2.45, 2.75) is 13.0 Å². The van der Waals surface area contributed by atoms with Crippen LogP contribution in [0.25, 0.3) is 0 Å². The lowest BCUT2D eigenvalue weighted by atomic mass is 10.0. The lowest BCUT2D eigenvalue weighted by molar-refractivity contribution is -0.142. The van der Waals surface area contributed by atoms with Crippen molar-refractivity contribution in [1.29, 1.82) is 0 Å². The van der Waals surface area contributed by atoms with E-state index in [4.69, 9.17) is 14.6 Å². The summed E-state index contributed by atoms with van der Waals surface area (Å²) in [5.41, 5.74) is 1.11. The summed E-state index contributed by atoms with van der Waals surface area (Å²) >= 11 is 0. The monoisotopic (exact) mass is 279 g/mol. The van der Waals surface area contributed by atoms with Crippen LogP contribution in [-0.4, -0.2) is 42.8 Å². The Morgan fingerprint density at radius 1 is 1.35 bits per heavy atom. The zero-order chi connectivity index (χ0) is 14.5. The summed E-state index contributed by atoms with van der Waals surface area (Å²) in [7, 11) is 0. The van der Waals surface area contributed by atoms with Crippen molar-refractivity contribution < 1.29 is 24.2 Å². The second-order valence-electron chi connectivity index (χ2n) is 4.76. The molecule has 0 aromatic heterocycles. The normalized spacial score (nSPS) is 21.4. The molecule has 1 heterocycles. The van der Waals surface area contributed by atoms with Crippen LogP contribution in [0.3, 0.4) is 0 Å². The summed E-state index contributed by atoms with van der Waals surface area (Å²) in [6.45, 7) is 2.15. The van der Waals surface area contributed by atoms with E-state index in [0.29, 0.717) is 5.75 Å². The molecule has 108 valence electrons. The van der Waals surface area contributed by atoms with Crippen LogP contribution in [0.1, 0.15) is 5.56 Å². The first-order chi connectivity index (χ1) is 9.56. The highest BCUT2D eigenvalue weighted by Gasteiger charge is 2.34. The van der Waals surface area contributed by atoms with E-state index >= 15 is 0 Å². The number of aliphatic carboxylic acids is 1. The third-order valence-corrected chi connectivity index (χ3v) is 3.14. The molecule has 6 heteroatoms. The Labute approximate surface area is 116 Å². The third kappa shape index (κ3) is 3.71. The molecule has 0 radical (unpaired) electrons. The van der Waals surface area contributed by atoms with Crippen LogP contribution in [0.4, 0.5) is 0 Å². The summed E-state index contributed by atoms with van der Waals surface area (Å²) in [5.74, 6) is -1.42. The van der Waals surface area contributed by atoms with Crippen LogP contribution in [0.5, 0.6) is 5.75 Å². The number of carbonyl (C=O) groups excluding carboxylic acids is 1. The second kappa shape index (κ2) is 6.38. The van der Waals surface area contributed by atoms with Gasteiger partial charge in [0.15, 0.2) is 6.61 Å². The quantitative estimate of drug-likeness (QED) is 0.824. The molecule has 6 nitrogen and oxygen atoms in total. The van der Waals surface area contributed by atoms with E-state index in [-0.39, 0.29) is 25.7 Å². The number of rotatable bonds is 5. The number of carboxylic acids is 1. The van der Waals surface area contributed by atoms with Crippen LogP contribution < -0.4 is 10.1 Å². The maximum absolute atomic E-state index is 11.7. The van der Waals surface area contributed by atoms with Gasteiger partial charge in [0.25, 0.3) is 5.91 Å². The maximum Gasteiger partial charge on any atom is 0.311 e. The molecule has 1 aliphatic rings. The minimum absolute atomic E-state index is 0.124. The fourth-order valence-electron chi connectivity index (χ4n) is 1.97. The number of aryl methyl sites for hydroxylation is 1. The minimum atomic E-state index is -0.966. The van der Waals surface area contributed by atoms with Crippen molar-refractivity contribution in [3.05, 3.63) is 29.8 Å². The van der Waals surface area contributed by atoms with Gasteiger partial charge in [0.2, 0.25) is 0 Å². The topological polar surface area (TPSA) is 84.9 Å². The first-order valence-electron chi connectivity index (χ1n) is 6.35. The van der Waals surface area contributed by atoms with E-state index in [0.717, 1.165) is 5.56 Å². The van der Waals surface area contributed by atoms with Crippen molar-refractivity contribution in [2.75, 3.05) is 19.8 Å². The molecule has 0 aliphatic carbocycles. The number of hydrogen-bond acceptors (Lipinski definition) is 4. The second-order valence-corrected chi connectivity index (χ2v) is 4.76. The van der Waals surface area contributed by atoms with Gasteiger partial charge in [-0.3, -0.25) is 9.59 Å². The van der Waals surface area contributed by atoms with E-state index in [1.54, 1.807) is 12.1 Å². The maximum atomic E-state index is 11.7. The van der Waals surface area contributed by atoms with Gasteiger partial charge in [0, 0.05) is 0 Å². The fourth-order valence-corrected chi connectivity index (χ4v) is 1.97. The molecule has 1 aromatic rings. The number of amides is 1. The van der Waals surface area contributed by atoms with Crippen LogP contribution in [0.2, 0.25) is 0 Å². The summed E-state index contributed by atoms with van der Waals surface area (Å²) in [4.78, 5) is 22.7. The van der Waals surface area contributed by atoms with Gasteiger partial charge in [0.05, 0.1) is 19.3 Å². The van der Waals surface area contributed by atoms with Crippen molar-refractivity contribution in [1.82, 2.24) is 5.32 Å². The number of carboxylic acid groups (broad SMARTS) is 1. The average Bonchev–Trinajstić information content (AvgIpc) is 2.86. The molecule has 1 fully saturated rings. The molecular formula is C14H17NO5. The fraction of sp³-hybridized carbons (Fsp3) is 0.429. The Morgan fingerprint density at radius 2 is 2.05 bits per heavy atom. The van der Waals surface area contributed by atoms with E-state index in [1.165, 1.54) is 0 Å². The minimum Gasteiger partial charge on any atom is -0.484 e. The van der Waals surface area contributed by atoms with Crippen LogP contribution >= 0.6 is 0 Å². The molecule has 0 spiro atoms. The van der Waals surface area contributed by atoms with E-state index in [1.807, 2.05) is 19.1 Å². The van der Waals surface area contributed by atoms with E-state index in [2.05, 4.69) is 5.32 Å². The Hall–Kier alpha value is -2.08. The van der Waals surface area contributed by atoms with Gasteiger partial charge in [-0.25, -0.2) is 0 Å². The predicted octanol–water partition coefficient (Wildman–Crippen LogP) is 0.590. The van der Waals surface area contributed by atoms with E-state index in [9.17, 15) is 9.59 Å². The van der Waals surface area contributed by atoms with Gasteiger partial charge < -0.3 is 19.9 Å². The van der Waals surface area contributed by atoms with Crippen LogP contribution in [0.15, 0.2) is 24.3 Å². The molecule has 2 atom stereocenters. The Bertz CT molecular complexity index is 485. The third-order valence-electron chi connectivity index (χ3n) is 3.14. The van der Waals surface area contributed by atoms with Crippen LogP contribution in [0, 0.1) is 12.8 Å². The molecule has 1 saturated heterocycles. The zero-order valence-corrected chi connectivity index (χ0v) is 11.2. The Morgan fingerprint density at radius 3 is 2.70 bits per heavy atom. The smallest absolute Gasteiger partial charge is 0.311 e. The molecule has 2 N–H and O–H groups in total. The first kappa shape index (κ1) is 14.3. The van der Waals surface area contributed by atoms with Gasteiger partial charge >= 0.3 is 5.97 Å². The predicted molar refractivity (Wildman–Crippen MR) is 70.5 cm³/mol. The Balaban J connectivity index is 1.80. The van der Waals surface area contributed by atoms with Crippen LogP contribution in [-0.2, 0) is 14.3 Å². The number of hydrogen-bond donors (Lipinski definition) is 2. The number of carbonyl (C=O) groups is 2. The molecule has 0 saturated carbocycles. The number of benzene rings is 1. The van der Waals surface area contributed by atoms with Gasteiger partial charge in [0.1, 0.15) is 11.7 Å². The lowest BCUT2D eigenvalue weighted by Gasteiger charge is -2.15. The highest BCUT2D eigenvalue weighted by Crippen LogP contribution is 2.14. The summed E-state index contributed by atoms with van der Waals surface area (Å²) in [6.07, 6.45) is 0. The summed E-state index contributed by atoms with van der Waals surface area (Å²) in [5, 5.41) is 11.6. The van der Waals surface area contributed by atoms with E-state index < -0.39 is 17.9 Å². The van der Waals surface area contributed by atoms with Gasteiger partial charge in [-0.2, -0.15) is 0 Å². The van der Waals surface area contributed by atoms with Gasteiger partial charge in [-0.15, -0.1) is 0 Å². The summed E-state index contributed by atoms with van der Waals surface area (Å²) < 4.78 is 10.4. The van der Waals surface area contributed by atoms with Crippen molar-refractivity contribution in [3.8, 4) is 5.75 Å². The zero-order valence-electron chi connectivity index (χ0n) is 11.2. The van der Waals surface area contributed by atoms with Crippen molar-refractivity contribution in [3.63, 3.8) is 0 Å². The SMILES string of the molecule is Cc1ccc(OCC(=O)NC2COCC2C(=O)O)cc1. The summed E-state index contributed by atoms with van der Waals surface area (Å²) in [6, 6.07) is 6.83. The lowest BCUT2D eigenvalue weighted by Crippen LogP contribution is -2.44. The highest BCUT2D eigenvalue weighted by molar-refractivity contribution is 5.79. The Kier molecular flexibility index (Phi) is 4.57. The number of ether oxygens (including phenoxy) is 2.